The minimum atomic E-state index is -1.18. The number of imide groups is 1. The highest BCUT2D eigenvalue weighted by Gasteiger charge is 2.62. The largest absolute Gasteiger partial charge is 0.497 e. The molecule has 7 rings (SSSR count). The molecule has 1 N–H and O–H groups in total. The molecule has 9 heteroatoms. The quantitative estimate of drug-likeness (QED) is 0.361. The molecule has 4 aliphatic rings. The van der Waals surface area contributed by atoms with Crippen molar-refractivity contribution in [3.8, 4) is 11.5 Å². The lowest BCUT2D eigenvalue weighted by Gasteiger charge is -2.45. The van der Waals surface area contributed by atoms with Crippen molar-refractivity contribution in [3.05, 3.63) is 89.0 Å². The first-order valence-corrected chi connectivity index (χ1v) is 13.1. The van der Waals surface area contributed by atoms with Crippen LogP contribution in [0.15, 0.2) is 66.7 Å². The number of nitrogens with zero attached hydrogens (tertiary/aromatic N) is 1. The Balaban J connectivity index is 1.19. The number of benzene rings is 3. The van der Waals surface area contributed by atoms with Gasteiger partial charge in [0.15, 0.2) is 6.61 Å². The fourth-order valence-electron chi connectivity index (χ4n) is 6.53. The molecular formula is C31H28N2O7. The number of carbonyl (C=O) groups is 4. The summed E-state index contributed by atoms with van der Waals surface area (Å²) in [5, 5.41) is 2.63. The summed E-state index contributed by atoms with van der Waals surface area (Å²) in [7, 11) is 2.97. The molecule has 1 heterocycles. The fourth-order valence-corrected chi connectivity index (χ4v) is 6.53. The van der Waals surface area contributed by atoms with Gasteiger partial charge in [0.1, 0.15) is 17.5 Å². The van der Waals surface area contributed by atoms with Gasteiger partial charge in [-0.2, -0.15) is 0 Å². The van der Waals surface area contributed by atoms with Crippen LogP contribution >= 0.6 is 0 Å². The minimum Gasteiger partial charge on any atom is -0.497 e. The summed E-state index contributed by atoms with van der Waals surface area (Å²) in [6.45, 7) is 0.867. The zero-order chi connectivity index (χ0) is 28.1. The number of nitrogens with one attached hydrogen (secondary N) is 1. The van der Waals surface area contributed by atoms with E-state index < -0.39 is 36.4 Å². The Morgan fingerprint density at radius 2 is 1.35 bits per heavy atom. The van der Waals surface area contributed by atoms with E-state index in [0.29, 0.717) is 17.2 Å². The van der Waals surface area contributed by atoms with E-state index >= 15 is 0 Å². The number of esters is 1. The van der Waals surface area contributed by atoms with E-state index in [9.17, 15) is 19.2 Å². The molecule has 3 aromatic rings. The molecule has 3 amide bonds. The maximum atomic E-state index is 13.8. The number of methoxy groups -OCH3 is 2. The first-order valence-electron chi connectivity index (χ1n) is 13.1. The summed E-state index contributed by atoms with van der Waals surface area (Å²) in [5.74, 6) is -2.99. The van der Waals surface area contributed by atoms with E-state index in [1.165, 1.54) is 21.1 Å². The standard InChI is InChI=1S/C31H28N2O7/c1-16(31(37)40-15-24(34)32-22-13-12-17(38-2)14-23(22)39-3)33-29(35)27-25-18-8-4-5-9-19(18)26(28(27)30(33)36)21-11-7-6-10-20(21)25/h4-14,16,25-28H,15H2,1-3H3,(H,32,34)/t16-,25?,26?,27-,28+/m0/s1. The molecule has 1 aliphatic heterocycles. The smallest absolute Gasteiger partial charge is 0.329 e. The molecule has 204 valence electrons. The molecule has 0 spiro atoms. The van der Waals surface area contributed by atoms with Crippen LogP contribution in [0, 0.1) is 11.8 Å². The topological polar surface area (TPSA) is 111 Å². The Bertz CT molecular complexity index is 1430. The molecule has 0 aromatic heterocycles. The van der Waals surface area contributed by atoms with Gasteiger partial charge < -0.3 is 19.5 Å². The molecule has 2 bridgehead atoms. The van der Waals surface area contributed by atoms with E-state index in [1.807, 2.05) is 48.5 Å². The van der Waals surface area contributed by atoms with Gasteiger partial charge in [-0.15, -0.1) is 0 Å². The Hall–Kier alpha value is -4.66. The average Bonchev–Trinajstić information content (AvgIpc) is 3.25. The highest BCUT2D eigenvalue weighted by atomic mass is 16.5. The van der Waals surface area contributed by atoms with Gasteiger partial charge in [-0.1, -0.05) is 48.5 Å². The Kier molecular flexibility index (Phi) is 6.29. The monoisotopic (exact) mass is 540 g/mol. The van der Waals surface area contributed by atoms with Crippen molar-refractivity contribution in [2.24, 2.45) is 11.8 Å². The molecule has 3 aromatic carbocycles. The maximum Gasteiger partial charge on any atom is 0.329 e. The van der Waals surface area contributed by atoms with Gasteiger partial charge >= 0.3 is 5.97 Å². The van der Waals surface area contributed by atoms with Gasteiger partial charge in [-0.25, -0.2) is 4.79 Å². The number of likely N-dealkylation sites (tertiary alicyclic amines) is 1. The molecule has 3 aliphatic carbocycles. The predicted molar refractivity (Wildman–Crippen MR) is 144 cm³/mol. The summed E-state index contributed by atoms with van der Waals surface area (Å²) in [5.41, 5.74) is 4.58. The normalized spacial score (nSPS) is 22.6. The Morgan fingerprint density at radius 3 is 1.82 bits per heavy atom. The van der Waals surface area contributed by atoms with Crippen LogP contribution in [0.1, 0.15) is 41.0 Å². The van der Waals surface area contributed by atoms with Gasteiger partial charge in [0.25, 0.3) is 5.91 Å². The van der Waals surface area contributed by atoms with Crippen molar-refractivity contribution < 1.29 is 33.4 Å². The second-order valence-corrected chi connectivity index (χ2v) is 10.2. The molecule has 9 nitrogen and oxygen atoms in total. The second kappa shape index (κ2) is 9.82. The van der Waals surface area contributed by atoms with E-state index in [1.54, 1.807) is 18.2 Å². The van der Waals surface area contributed by atoms with Crippen molar-refractivity contribution in [1.29, 1.82) is 0 Å². The summed E-state index contributed by atoms with van der Waals surface area (Å²) < 4.78 is 15.7. The number of anilines is 1. The summed E-state index contributed by atoms with van der Waals surface area (Å²) >= 11 is 0. The fraction of sp³-hybridized carbons (Fsp3) is 0.290. The number of carbonyl (C=O) groups excluding carboxylic acids is 4. The highest BCUT2D eigenvalue weighted by Crippen LogP contribution is 2.61. The van der Waals surface area contributed by atoms with Gasteiger partial charge in [0.05, 0.1) is 31.7 Å². The lowest BCUT2D eigenvalue weighted by molar-refractivity contribution is -0.159. The zero-order valence-electron chi connectivity index (χ0n) is 22.2. The Morgan fingerprint density at radius 1 is 0.825 bits per heavy atom. The number of hydrogen-bond acceptors (Lipinski definition) is 7. The van der Waals surface area contributed by atoms with Crippen LogP contribution in [0.5, 0.6) is 11.5 Å². The van der Waals surface area contributed by atoms with Crippen LogP contribution in [0.4, 0.5) is 5.69 Å². The number of rotatable bonds is 7. The molecule has 3 atom stereocenters. The van der Waals surface area contributed by atoms with E-state index in [-0.39, 0.29) is 23.7 Å². The molecule has 1 saturated heterocycles. The molecule has 0 saturated carbocycles. The Labute approximate surface area is 231 Å². The number of ether oxygens (including phenoxy) is 3. The highest BCUT2D eigenvalue weighted by molar-refractivity contribution is 6.10. The third-order valence-electron chi connectivity index (χ3n) is 8.24. The number of hydrogen-bond donors (Lipinski definition) is 1. The third kappa shape index (κ3) is 3.84. The van der Waals surface area contributed by atoms with Gasteiger partial charge in [0.2, 0.25) is 11.8 Å². The van der Waals surface area contributed by atoms with Gasteiger partial charge in [-0.3, -0.25) is 19.3 Å². The van der Waals surface area contributed by atoms with Crippen molar-refractivity contribution in [2.45, 2.75) is 24.8 Å². The first-order chi connectivity index (χ1) is 19.3. The second-order valence-electron chi connectivity index (χ2n) is 10.2. The summed E-state index contributed by atoms with van der Waals surface area (Å²) in [4.78, 5) is 54.2. The van der Waals surface area contributed by atoms with Crippen LogP contribution in [-0.2, 0) is 23.9 Å². The van der Waals surface area contributed by atoms with Crippen LogP contribution < -0.4 is 14.8 Å². The lowest BCUT2D eigenvalue weighted by atomic mass is 9.55. The predicted octanol–water partition coefficient (Wildman–Crippen LogP) is 3.47. The molecule has 1 fully saturated rings. The van der Waals surface area contributed by atoms with Crippen molar-refractivity contribution in [3.63, 3.8) is 0 Å². The summed E-state index contributed by atoms with van der Waals surface area (Å²) in [6, 6.07) is 19.6. The molecular weight excluding hydrogens is 512 g/mol. The maximum absolute atomic E-state index is 13.8. The third-order valence-corrected chi connectivity index (χ3v) is 8.24. The van der Waals surface area contributed by atoms with Crippen LogP contribution in [0.3, 0.4) is 0 Å². The van der Waals surface area contributed by atoms with Crippen molar-refractivity contribution in [1.82, 2.24) is 4.90 Å². The zero-order valence-corrected chi connectivity index (χ0v) is 22.2. The first kappa shape index (κ1) is 25.6. The van der Waals surface area contributed by atoms with Crippen LogP contribution in [0.25, 0.3) is 0 Å². The lowest BCUT2D eigenvalue weighted by Crippen LogP contribution is -2.45. The van der Waals surface area contributed by atoms with Crippen LogP contribution in [-0.4, -0.2) is 55.5 Å². The van der Waals surface area contributed by atoms with E-state index in [2.05, 4.69) is 5.32 Å². The molecule has 0 radical (unpaired) electrons. The van der Waals surface area contributed by atoms with Crippen LogP contribution in [0.2, 0.25) is 0 Å². The van der Waals surface area contributed by atoms with Crippen molar-refractivity contribution in [2.75, 3.05) is 26.1 Å². The average molecular weight is 541 g/mol. The SMILES string of the molecule is COc1ccc(NC(=O)COC(=O)[C@H](C)N2C(=O)[C@@H]3C4c5ccccc5C(c5ccccc54)[C@@H]3C2=O)c(OC)c1. The number of amides is 3. The molecule has 40 heavy (non-hydrogen) atoms. The van der Waals surface area contributed by atoms with Gasteiger partial charge in [0, 0.05) is 17.9 Å². The van der Waals surface area contributed by atoms with E-state index in [0.717, 1.165) is 27.2 Å². The van der Waals surface area contributed by atoms with Crippen molar-refractivity contribution >= 4 is 29.4 Å². The van der Waals surface area contributed by atoms with Gasteiger partial charge in [-0.05, 0) is 41.3 Å². The van der Waals surface area contributed by atoms with E-state index in [4.69, 9.17) is 14.2 Å². The summed E-state index contributed by atoms with van der Waals surface area (Å²) in [6.07, 6.45) is 0. The molecule has 0 unspecified atom stereocenters. The minimum absolute atomic E-state index is 0.266.